The average molecular weight is 123 g/mol. The molecule has 0 aliphatic carbocycles. The fraction of sp³-hybridized carbons (Fsp3) is 0.429. The molecular weight excluding hydrogens is 114 g/mol. The number of nitrogens with one attached hydrogen (secondary N) is 1. The summed E-state index contributed by atoms with van der Waals surface area (Å²) in [4.78, 5) is 0. The Morgan fingerprint density at radius 3 is 3.22 bits per heavy atom. The fourth-order valence-corrected chi connectivity index (χ4v) is 1.21. The van der Waals surface area contributed by atoms with Crippen molar-refractivity contribution < 1.29 is 4.42 Å². The lowest BCUT2D eigenvalue weighted by atomic mass is 10.2. The molecule has 0 unspecified atom stereocenters. The van der Waals surface area contributed by atoms with Crippen LogP contribution in [0, 0.1) is 6.92 Å². The van der Waals surface area contributed by atoms with Crippen molar-refractivity contribution in [1.82, 2.24) is 5.32 Å². The van der Waals surface area contributed by atoms with E-state index < -0.39 is 0 Å². The van der Waals surface area contributed by atoms with Gasteiger partial charge in [-0.3, -0.25) is 0 Å². The van der Waals surface area contributed by atoms with Crippen molar-refractivity contribution in [2.45, 2.75) is 20.0 Å². The number of rotatable bonds is 0. The van der Waals surface area contributed by atoms with Gasteiger partial charge < -0.3 is 9.73 Å². The summed E-state index contributed by atoms with van der Waals surface area (Å²) >= 11 is 0. The third kappa shape index (κ3) is 0.598. The van der Waals surface area contributed by atoms with E-state index in [1.54, 1.807) is 0 Å². The molecule has 2 heteroatoms. The quantitative estimate of drug-likeness (QED) is 0.560. The summed E-state index contributed by atoms with van der Waals surface area (Å²) in [5, 5.41) is 3.21. The van der Waals surface area contributed by atoms with Gasteiger partial charge in [0.05, 0.1) is 12.8 Å². The van der Waals surface area contributed by atoms with Crippen LogP contribution in [0.25, 0.3) is 0 Å². The Kier molecular flexibility index (Phi) is 0.904. The van der Waals surface area contributed by atoms with Gasteiger partial charge in [0, 0.05) is 12.1 Å². The van der Waals surface area contributed by atoms with Gasteiger partial charge in [0.25, 0.3) is 0 Å². The highest BCUT2D eigenvalue weighted by atomic mass is 16.3. The van der Waals surface area contributed by atoms with E-state index in [0.29, 0.717) is 0 Å². The number of hydrogen-bond donors (Lipinski definition) is 1. The molecule has 2 nitrogen and oxygen atoms in total. The second-order valence-corrected chi connectivity index (χ2v) is 2.42. The number of fused-ring (bicyclic) bond motifs is 1. The monoisotopic (exact) mass is 123 g/mol. The third-order valence-corrected chi connectivity index (χ3v) is 1.78. The number of furan rings is 1. The van der Waals surface area contributed by atoms with Crippen molar-refractivity contribution in [3.05, 3.63) is 23.2 Å². The minimum atomic E-state index is 0.906. The molecule has 0 amide bonds. The van der Waals surface area contributed by atoms with E-state index in [0.717, 1.165) is 18.8 Å². The summed E-state index contributed by atoms with van der Waals surface area (Å²) in [6, 6.07) is 0. The van der Waals surface area contributed by atoms with Crippen LogP contribution in [0.15, 0.2) is 10.7 Å². The summed E-state index contributed by atoms with van der Waals surface area (Å²) in [6.45, 7) is 3.97. The second-order valence-electron chi connectivity index (χ2n) is 2.42. The summed E-state index contributed by atoms with van der Waals surface area (Å²) < 4.78 is 5.24. The maximum atomic E-state index is 5.24. The van der Waals surface area contributed by atoms with Gasteiger partial charge in [0.15, 0.2) is 0 Å². The normalized spacial score (nSPS) is 16.1. The van der Waals surface area contributed by atoms with Gasteiger partial charge in [-0.2, -0.15) is 0 Å². The Bertz CT molecular complexity index is 227. The highest BCUT2D eigenvalue weighted by Gasteiger charge is 2.15. The summed E-state index contributed by atoms with van der Waals surface area (Å²) in [5.41, 5.74) is 2.63. The second kappa shape index (κ2) is 1.61. The van der Waals surface area contributed by atoms with Crippen molar-refractivity contribution in [2.75, 3.05) is 0 Å². The van der Waals surface area contributed by atoms with Gasteiger partial charge in [0.1, 0.15) is 5.76 Å². The van der Waals surface area contributed by atoms with E-state index in [4.69, 9.17) is 4.42 Å². The molecule has 2 heterocycles. The highest BCUT2D eigenvalue weighted by molar-refractivity contribution is 5.29. The maximum Gasteiger partial charge on any atom is 0.122 e. The highest BCUT2D eigenvalue weighted by Crippen LogP contribution is 2.20. The first-order valence-electron chi connectivity index (χ1n) is 3.14. The number of aryl methyl sites for hydroxylation is 1. The Hall–Kier alpha value is -0.760. The Balaban J connectivity index is 2.56. The summed E-state index contributed by atoms with van der Waals surface area (Å²) in [5.74, 6) is 1.12. The summed E-state index contributed by atoms with van der Waals surface area (Å²) in [7, 11) is 0. The maximum absolute atomic E-state index is 5.24. The van der Waals surface area contributed by atoms with Crippen LogP contribution in [0.1, 0.15) is 16.9 Å². The minimum absolute atomic E-state index is 0.906. The van der Waals surface area contributed by atoms with Crippen LogP contribution in [0.3, 0.4) is 0 Å². The standard InChI is InChI=1S/C7H9NO/c1-5-4-9-7-3-8-2-6(5)7/h4,8H,2-3H2,1H3. The minimum Gasteiger partial charge on any atom is -0.467 e. The smallest absolute Gasteiger partial charge is 0.122 e. The molecular formula is C7H9NO. The lowest BCUT2D eigenvalue weighted by Gasteiger charge is -1.86. The van der Waals surface area contributed by atoms with E-state index in [1.165, 1.54) is 11.1 Å². The molecule has 1 N–H and O–H groups in total. The van der Waals surface area contributed by atoms with Crippen molar-refractivity contribution >= 4 is 0 Å². The van der Waals surface area contributed by atoms with Gasteiger partial charge in [-0.05, 0) is 12.5 Å². The van der Waals surface area contributed by atoms with E-state index in [9.17, 15) is 0 Å². The van der Waals surface area contributed by atoms with Gasteiger partial charge in [-0.25, -0.2) is 0 Å². The molecule has 48 valence electrons. The molecule has 0 fully saturated rings. The molecule has 9 heavy (non-hydrogen) atoms. The van der Waals surface area contributed by atoms with Gasteiger partial charge in [-0.15, -0.1) is 0 Å². The van der Waals surface area contributed by atoms with Crippen LogP contribution in [0.5, 0.6) is 0 Å². The van der Waals surface area contributed by atoms with E-state index in [1.807, 2.05) is 6.26 Å². The summed E-state index contributed by atoms with van der Waals surface area (Å²) in [6.07, 6.45) is 1.82. The molecule has 1 aromatic rings. The zero-order valence-electron chi connectivity index (χ0n) is 5.40. The molecule has 1 aromatic heterocycles. The first kappa shape index (κ1) is 5.06. The lowest BCUT2D eigenvalue weighted by molar-refractivity contribution is 0.504. The van der Waals surface area contributed by atoms with Crippen molar-refractivity contribution in [1.29, 1.82) is 0 Å². The van der Waals surface area contributed by atoms with E-state index >= 15 is 0 Å². The first-order valence-corrected chi connectivity index (χ1v) is 3.14. The van der Waals surface area contributed by atoms with Crippen molar-refractivity contribution in [2.24, 2.45) is 0 Å². The molecule has 0 saturated heterocycles. The molecule has 0 radical (unpaired) electrons. The molecule has 1 aliphatic heterocycles. The molecule has 0 bridgehead atoms. The zero-order valence-corrected chi connectivity index (χ0v) is 5.40. The van der Waals surface area contributed by atoms with Crippen LogP contribution in [0.4, 0.5) is 0 Å². The predicted molar refractivity (Wildman–Crippen MR) is 34.0 cm³/mol. The lowest BCUT2D eigenvalue weighted by Crippen LogP contribution is -2.01. The van der Waals surface area contributed by atoms with Gasteiger partial charge in [-0.1, -0.05) is 0 Å². The number of hydrogen-bond acceptors (Lipinski definition) is 2. The van der Waals surface area contributed by atoms with Crippen LogP contribution in [-0.4, -0.2) is 0 Å². The van der Waals surface area contributed by atoms with Gasteiger partial charge in [0.2, 0.25) is 0 Å². The van der Waals surface area contributed by atoms with Gasteiger partial charge >= 0.3 is 0 Å². The molecule has 0 aromatic carbocycles. The van der Waals surface area contributed by atoms with E-state index in [2.05, 4.69) is 12.2 Å². The van der Waals surface area contributed by atoms with Crippen molar-refractivity contribution in [3.8, 4) is 0 Å². The Morgan fingerprint density at radius 2 is 2.44 bits per heavy atom. The SMILES string of the molecule is Cc1coc2c1CNC2. The van der Waals surface area contributed by atoms with Crippen LogP contribution < -0.4 is 5.32 Å². The van der Waals surface area contributed by atoms with Crippen LogP contribution in [-0.2, 0) is 13.1 Å². The molecule has 0 atom stereocenters. The topological polar surface area (TPSA) is 25.2 Å². The Morgan fingerprint density at radius 1 is 1.56 bits per heavy atom. The fourth-order valence-electron chi connectivity index (χ4n) is 1.21. The molecule has 0 spiro atoms. The van der Waals surface area contributed by atoms with Crippen LogP contribution in [0.2, 0.25) is 0 Å². The third-order valence-electron chi connectivity index (χ3n) is 1.78. The van der Waals surface area contributed by atoms with E-state index in [-0.39, 0.29) is 0 Å². The molecule has 2 rings (SSSR count). The zero-order chi connectivity index (χ0) is 6.27. The molecule has 0 saturated carbocycles. The average Bonchev–Trinajstić information content (AvgIpc) is 2.35. The first-order chi connectivity index (χ1) is 4.38. The Labute approximate surface area is 53.9 Å². The predicted octanol–water partition coefficient (Wildman–Crippen LogP) is 1.19. The largest absolute Gasteiger partial charge is 0.467 e. The molecule has 1 aliphatic rings. The van der Waals surface area contributed by atoms with Crippen LogP contribution >= 0.6 is 0 Å². The van der Waals surface area contributed by atoms with Crippen molar-refractivity contribution in [3.63, 3.8) is 0 Å².